The van der Waals surface area contributed by atoms with Gasteiger partial charge in [-0.25, -0.2) is 0 Å². The van der Waals surface area contributed by atoms with Crippen LogP contribution in [0.25, 0.3) is 0 Å². The molecule has 0 aromatic carbocycles. The molecule has 1 N–H and O–H groups in total. The highest BCUT2D eigenvalue weighted by atomic mass is 16.3. The molecule has 5 heteroatoms. The highest BCUT2D eigenvalue weighted by Crippen LogP contribution is 2.21. The molecule has 0 aromatic rings. The lowest BCUT2D eigenvalue weighted by Gasteiger charge is -2.37. The Morgan fingerprint density at radius 2 is 1.90 bits per heavy atom. The maximum Gasteiger partial charge on any atom is 0.312 e. The topological polar surface area (TPSA) is 60.9 Å². The monoisotopic (exact) mass is 282 g/mol. The largest absolute Gasteiger partial charge is 0.396 e. The second-order valence-electron chi connectivity index (χ2n) is 6.16. The maximum atomic E-state index is 12.4. The van der Waals surface area contributed by atoms with Gasteiger partial charge in [-0.1, -0.05) is 6.92 Å². The zero-order valence-corrected chi connectivity index (χ0v) is 12.4. The van der Waals surface area contributed by atoms with Crippen LogP contribution in [0.2, 0.25) is 0 Å². The number of hydrogen-bond acceptors (Lipinski definition) is 3. The van der Waals surface area contributed by atoms with Crippen molar-refractivity contribution in [1.29, 1.82) is 0 Å². The number of aliphatic hydroxyl groups excluding tert-OH is 1. The van der Waals surface area contributed by atoms with Crippen molar-refractivity contribution in [2.45, 2.75) is 51.5 Å². The molecule has 2 saturated heterocycles. The van der Waals surface area contributed by atoms with E-state index in [4.69, 9.17) is 5.11 Å². The van der Waals surface area contributed by atoms with E-state index in [0.717, 1.165) is 32.1 Å². The number of carbonyl (C=O) groups excluding carboxylic acids is 2. The lowest BCUT2D eigenvalue weighted by molar-refractivity contribution is -0.155. The van der Waals surface area contributed by atoms with Gasteiger partial charge >= 0.3 is 11.8 Å². The third-order valence-electron chi connectivity index (χ3n) is 4.48. The Morgan fingerprint density at radius 1 is 1.10 bits per heavy atom. The van der Waals surface area contributed by atoms with Gasteiger partial charge in [0.1, 0.15) is 0 Å². The van der Waals surface area contributed by atoms with Gasteiger partial charge in [0, 0.05) is 32.3 Å². The molecule has 0 aromatic heterocycles. The van der Waals surface area contributed by atoms with Crippen molar-refractivity contribution in [3.05, 3.63) is 0 Å². The first-order valence-electron chi connectivity index (χ1n) is 7.84. The smallest absolute Gasteiger partial charge is 0.312 e. The van der Waals surface area contributed by atoms with E-state index in [1.807, 2.05) is 0 Å². The third kappa shape index (κ3) is 3.51. The van der Waals surface area contributed by atoms with Crippen molar-refractivity contribution in [3.8, 4) is 0 Å². The van der Waals surface area contributed by atoms with Crippen LogP contribution in [0.15, 0.2) is 0 Å². The van der Waals surface area contributed by atoms with Crippen molar-refractivity contribution < 1.29 is 14.7 Å². The fourth-order valence-electron chi connectivity index (χ4n) is 3.35. The third-order valence-corrected chi connectivity index (χ3v) is 4.48. The average Bonchev–Trinajstić information content (AvgIpc) is 2.47. The molecule has 2 heterocycles. The zero-order chi connectivity index (χ0) is 14.5. The Labute approximate surface area is 120 Å². The molecular weight excluding hydrogens is 256 g/mol. The number of rotatable bonds is 2. The molecule has 114 valence electrons. The van der Waals surface area contributed by atoms with Crippen LogP contribution in [-0.2, 0) is 9.59 Å². The van der Waals surface area contributed by atoms with Gasteiger partial charge in [0.05, 0.1) is 0 Å². The Bertz CT molecular complexity index is 357. The second-order valence-corrected chi connectivity index (χ2v) is 6.16. The molecule has 2 aliphatic heterocycles. The fourth-order valence-corrected chi connectivity index (χ4v) is 3.35. The molecule has 20 heavy (non-hydrogen) atoms. The minimum absolute atomic E-state index is 0.0346. The summed E-state index contributed by atoms with van der Waals surface area (Å²) in [6, 6.07) is 0.0346. The van der Waals surface area contributed by atoms with E-state index >= 15 is 0 Å². The number of aliphatic hydroxyl groups is 1. The molecule has 0 spiro atoms. The van der Waals surface area contributed by atoms with Crippen molar-refractivity contribution in [2.75, 3.05) is 26.2 Å². The number of likely N-dealkylation sites (tertiary alicyclic amines) is 2. The summed E-state index contributed by atoms with van der Waals surface area (Å²) < 4.78 is 0. The highest BCUT2D eigenvalue weighted by Gasteiger charge is 2.34. The van der Waals surface area contributed by atoms with Gasteiger partial charge in [-0.2, -0.15) is 0 Å². The molecule has 2 rings (SSSR count). The minimum atomic E-state index is -0.364. The summed E-state index contributed by atoms with van der Waals surface area (Å²) >= 11 is 0. The molecule has 0 aliphatic carbocycles. The number of nitrogens with zero attached hydrogens (tertiary/aromatic N) is 2. The Balaban J connectivity index is 1.99. The number of piperidine rings is 2. The molecule has 2 amide bonds. The van der Waals surface area contributed by atoms with Crippen LogP contribution in [0, 0.1) is 5.92 Å². The predicted octanol–water partition coefficient (Wildman–Crippen LogP) is 1.01. The first kappa shape index (κ1) is 15.3. The van der Waals surface area contributed by atoms with Gasteiger partial charge in [-0.15, -0.1) is 0 Å². The molecule has 0 radical (unpaired) electrons. The first-order chi connectivity index (χ1) is 9.63. The normalized spacial score (nSPS) is 27.5. The molecule has 2 unspecified atom stereocenters. The predicted molar refractivity (Wildman–Crippen MR) is 76.0 cm³/mol. The van der Waals surface area contributed by atoms with Crippen molar-refractivity contribution in [3.63, 3.8) is 0 Å². The molecule has 2 fully saturated rings. The summed E-state index contributed by atoms with van der Waals surface area (Å²) in [5.74, 6) is -0.228. The van der Waals surface area contributed by atoms with E-state index in [9.17, 15) is 9.59 Å². The van der Waals surface area contributed by atoms with Crippen LogP contribution >= 0.6 is 0 Å². The van der Waals surface area contributed by atoms with Crippen LogP contribution in [0.3, 0.4) is 0 Å². The van der Waals surface area contributed by atoms with Crippen LogP contribution in [0.4, 0.5) is 0 Å². The summed E-state index contributed by atoms with van der Waals surface area (Å²) in [4.78, 5) is 28.2. The molecule has 5 nitrogen and oxygen atoms in total. The summed E-state index contributed by atoms with van der Waals surface area (Å²) in [7, 11) is 0. The zero-order valence-electron chi connectivity index (χ0n) is 12.4. The van der Waals surface area contributed by atoms with Crippen LogP contribution < -0.4 is 0 Å². The van der Waals surface area contributed by atoms with Gasteiger partial charge in [0.25, 0.3) is 0 Å². The van der Waals surface area contributed by atoms with Crippen LogP contribution in [0.5, 0.6) is 0 Å². The molecular formula is C15H26N2O3. The van der Waals surface area contributed by atoms with Crippen LogP contribution in [-0.4, -0.2) is 59.0 Å². The number of carbonyl (C=O) groups is 2. The van der Waals surface area contributed by atoms with Crippen LogP contribution in [0.1, 0.15) is 45.4 Å². The quantitative estimate of drug-likeness (QED) is 0.769. The van der Waals surface area contributed by atoms with Gasteiger partial charge in [-0.3, -0.25) is 9.59 Å². The van der Waals surface area contributed by atoms with Crippen molar-refractivity contribution in [2.24, 2.45) is 5.92 Å². The Kier molecular flexibility index (Phi) is 5.40. The average molecular weight is 282 g/mol. The van der Waals surface area contributed by atoms with Crippen molar-refractivity contribution in [1.82, 2.24) is 9.80 Å². The Morgan fingerprint density at radius 3 is 2.60 bits per heavy atom. The van der Waals surface area contributed by atoms with Crippen molar-refractivity contribution >= 4 is 11.8 Å². The Hall–Kier alpha value is -1.10. The summed E-state index contributed by atoms with van der Waals surface area (Å²) in [5, 5.41) is 9.11. The molecule has 0 bridgehead atoms. The minimum Gasteiger partial charge on any atom is -0.396 e. The summed E-state index contributed by atoms with van der Waals surface area (Å²) in [6.45, 7) is 4.25. The van der Waals surface area contributed by atoms with E-state index in [-0.39, 0.29) is 24.5 Å². The van der Waals surface area contributed by atoms with E-state index in [0.29, 0.717) is 32.0 Å². The summed E-state index contributed by atoms with van der Waals surface area (Å²) in [6.07, 6.45) is 5.63. The number of hydrogen-bond donors (Lipinski definition) is 1. The lowest BCUT2D eigenvalue weighted by atomic mass is 9.98. The maximum absolute atomic E-state index is 12.4. The van der Waals surface area contributed by atoms with Gasteiger partial charge < -0.3 is 14.9 Å². The standard InChI is InChI=1S/C15H26N2O3/c1-12-5-4-8-16(11-12)14(19)15(20)17-9-3-2-6-13(17)7-10-18/h12-13,18H,2-11H2,1H3. The van der Waals surface area contributed by atoms with Gasteiger partial charge in [0.2, 0.25) is 0 Å². The van der Waals surface area contributed by atoms with E-state index < -0.39 is 0 Å². The lowest BCUT2D eigenvalue weighted by Crippen LogP contribution is -2.52. The SMILES string of the molecule is CC1CCCN(C(=O)C(=O)N2CCCCC2CCO)C1. The summed E-state index contributed by atoms with van der Waals surface area (Å²) in [5.41, 5.74) is 0. The van der Waals surface area contributed by atoms with Gasteiger partial charge in [-0.05, 0) is 44.4 Å². The van der Waals surface area contributed by atoms with Gasteiger partial charge in [0.15, 0.2) is 0 Å². The second kappa shape index (κ2) is 7.07. The molecule has 2 aliphatic rings. The number of amides is 2. The molecule has 0 saturated carbocycles. The fraction of sp³-hybridized carbons (Fsp3) is 0.867. The first-order valence-corrected chi connectivity index (χ1v) is 7.84. The highest BCUT2D eigenvalue weighted by molar-refractivity contribution is 6.35. The van der Waals surface area contributed by atoms with E-state index in [2.05, 4.69) is 6.92 Å². The van der Waals surface area contributed by atoms with E-state index in [1.165, 1.54) is 0 Å². The van der Waals surface area contributed by atoms with E-state index in [1.54, 1.807) is 9.80 Å². The molecule has 2 atom stereocenters.